The molecule has 6 nitrogen and oxygen atoms in total. The molecule has 0 saturated carbocycles. The van der Waals surface area contributed by atoms with Crippen LogP contribution in [0.4, 0.5) is 0 Å². The molecule has 1 N–H and O–H groups in total. The smallest absolute Gasteiger partial charge is 0.259 e. The molecule has 1 amide bonds. The van der Waals surface area contributed by atoms with Gasteiger partial charge in [0.1, 0.15) is 5.56 Å². The molecule has 0 bridgehead atoms. The number of amides is 1. The summed E-state index contributed by atoms with van der Waals surface area (Å²) in [5.74, 6) is 0.275. The normalized spacial score (nSPS) is 24.1. The van der Waals surface area contributed by atoms with Gasteiger partial charge in [0.2, 0.25) is 5.88 Å². The molecule has 2 aliphatic rings. The molecule has 2 aliphatic heterocycles. The first-order valence-electron chi connectivity index (χ1n) is 9.79. The number of hydrogen-bond donors (Lipinski definition) is 1. The van der Waals surface area contributed by atoms with Crippen molar-refractivity contribution in [3.05, 3.63) is 59.8 Å². The van der Waals surface area contributed by atoms with E-state index in [1.807, 2.05) is 35.2 Å². The van der Waals surface area contributed by atoms with Crippen LogP contribution in [0.5, 0.6) is 5.88 Å². The number of carbonyl (C=O) groups excluding carboxylic acids is 1. The Hall–Kier alpha value is -2.44. The van der Waals surface area contributed by atoms with Crippen LogP contribution in [0.25, 0.3) is 0 Å². The molecule has 0 radical (unpaired) electrons. The van der Waals surface area contributed by atoms with Gasteiger partial charge in [0.15, 0.2) is 0 Å². The van der Waals surface area contributed by atoms with Crippen LogP contribution in [0.15, 0.2) is 48.7 Å². The topological polar surface area (TPSA) is 71.9 Å². The first-order valence-corrected chi connectivity index (χ1v) is 9.79. The molecule has 4 rings (SSSR count). The largest absolute Gasteiger partial charge is 0.480 e. The summed E-state index contributed by atoms with van der Waals surface area (Å²) in [7, 11) is 1.52. The number of likely N-dealkylation sites (tertiary alicyclic amines) is 1. The van der Waals surface area contributed by atoms with Crippen molar-refractivity contribution in [2.24, 2.45) is 0 Å². The molecule has 2 aromatic rings. The predicted octanol–water partition coefficient (Wildman–Crippen LogP) is 2.98. The SMILES string of the molecule is COc1ncccc1C(=O)N1CCC2(CC1)C[C@H](O)C[C@H](c1ccccc1)O2. The summed E-state index contributed by atoms with van der Waals surface area (Å²) >= 11 is 0. The third-order valence-corrected chi connectivity index (χ3v) is 5.81. The Kier molecular flexibility index (Phi) is 5.33. The number of ether oxygens (including phenoxy) is 2. The van der Waals surface area contributed by atoms with E-state index in [1.54, 1.807) is 18.3 Å². The molecule has 2 saturated heterocycles. The van der Waals surface area contributed by atoms with Gasteiger partial charge >= 0.3 is 0 Å². The number of benzene rings is 1. The Bertz CT molecular complexity index is 818. The number of aromatic nitrogens is 1. The van der Waals surface area contributed by atoms with Crippen LogP contribution in [-0.2, 0) is 4.74 Å². The highest BCUT2D eigenvalue weighted by molar-refractivity contribution is 5.96. The van der Waals surface area contributed by atoms with Gasteiger partial charge in [-0.1, -0.05) is 30.3 Å². The Balaban J connectivity index is 1.46. The molecule has 148 valence electrons. The number of aliphatic hydroxyl groups excluding tert-OH is 1. The second-order valence-corrected chi connectivity index (χ2v) is 7.65. The van der Waals surface area contributed by atoms with Crippen LogP contribution in [0.3, 0.4) is 0 Å². The van der Waals surface area contributed by atoms with Gasteiger partial charge in [0, 0.05) is 32.1 Å². The van der Waals surface area contributed by atoms with Crippen molar-refractivity contribution in [2.75, 3.05) is 20.2 Å². The third kappa shape index (κ3) is 3.75. The lowest BCUT2D eigenvalue weighted by Gasteiger charge is -2.48. The zero-order valence-electron chi connectivity index (χ0n) is 16.1. The molecule has 28 heavy (non-hydrogen) atoms. The quantitative estimate of drug-likeness (QED) is 0.884. The van der Waals surface area contributed by atoms with Gasteiger partial charge in [-0.05, 0) is 30.5 Å². The summed E-state index contributed by atoms with van der Waals surface area (Å²) in [6.07, 6.45) is 3.77. The first-order chi connectivity index (χ1) is 13.6. The Labute approximate surface area is 165 Å². The molecular weight excluding hydrogens is 356 g/mol. The summed E-state index contributed by atoms with van der Waals surface area (Å²) < 4.78 is 11.7. The van der Waals surface area contributed by atoms with E-state index in [1.165, 1.54) is 7.11 Å². The lowest BCUT2D eigenvalue weighted by molar-refractivity contribution is -0.181. The minimum atomic E-state index is -0.389. The predicted molar refractivity (Wildman–Crippen MR) is 104 cm³/mol. The first kappa shape index (κ1) is 18.9. The molecule has 0 unspecified atom stereocenters. The fourth-order valence-corrected chi connectivity index (χ4v) is 4.36. The monoisotopic (exact) mass is 382 g/mol. The maximum atomic E-state index is 12.9. The molecule has 2 fully saturated rings. The van der Waals surface area contributed by atoms with Crippen molar-refractivity contribution >= 4 is 5.91 Å². The zero-order chi connectivity index (χ0) is 19.6. The number of pyridine rings is 1. The molecule has 1 aromatic carbocycles. The number of rotatable bonds is 3. The van der Waals surface area contributed by atoms with Gasteiger partial charge < -0.3 is 19.5 Å². The van der Waals surface area contributed by atoms with Gasteiger partial charge in [0.05, 0.1) is 24.9 Å². The molecule has 0 aliphatic carbocycles. The van der Waals surface area contributed by atoms with Crippen LogP contribution in [0, 0.1) is 0 Å². The summed E-state index contributed by atoms with van der Waals surface area (Å²) in [6.45, 7) is 1.18. The van der Waals surface area contributed by atoms with Crippen LogP contribution in [0.2, 0.25) is 0 Å². The Morgan fingerprint density at radius 3 is 2.68 bits per heavy atom. The summed E-state index contributed by atoms with van der Waals surface area (Å²) in [5, 5.41) is 10.5. The van der Waals surface area contributed by atoms with Crippen LogP contribution in [0.1, 0.15) is 47.7 Å². The maximum Gasteiger partial charge on any atom is 0.259 e. The summed E-state index contributed by atoms with van der Waals surface area (Å²) in [5.41, 5.74) is 1.19. The average Bonchev–Trinajstić information content (AvgIpc) is 2.74. The second-order valence-electron chi connectivity index (χ2n) is 7.65. The van der Waals surface area contributed by atoms with Crippen molar-refractivity contribution in [1.82, 2.24) is 9.88 Å². The van der Waals surface area contributed by atoms with Crippen molar-refractivity contribution in [2.45, 2.75) is 43.5 Å². The van der Waals surface area contributed by atoms with E-state index in [2.05, 4.69) is 4.98 Å². The van der Waals surface area contributed by atoms with Gasteiger partial charge in [0.25, 0.3) is 5.91 Å². The lowest BCUT2D eigenvalue weighted by atomic mass is 9.81. The lowest BCUT2D eigenvalue weighted by Crippen LogP contribution is -2.52. The molecule has 1 aromatic heterocycles. The minimum absolute atomic E-state index is 0.0734. The molecule has 2 atom stereocenters. The highest BCUT2D eigenvalue weighted by atomic mass is 16.5. The van der Waals surface area contributed by atoms with Gasteiger partial charge in [-0.25, -0.2) is 4.98 Å². The highest BCUT2D eigenvalue weighted by Gasteiger charge is 2.44. The number of piperidine rings is 1. The van der Waals surface area contributed by atoms with Gasteiger partial charge in [-0.3, -0.25) is 4.79 Å². The zero-order valence-corrected chi connectivity index (χ0v) is 16.1. The van der Waals surface area contributed by atoms with E-state index in [9.17, 15) is 9.90 Å². The van der Waals surface area contributed by atoms with E-state index in [0.717, 1.165) is 5.56 Å². The van der Waals surface area contributed by atoms with E-state index in [-0.39, 0.29) is 23.7 Å². The fraction of sp³-hybridized carbons (Fsp3) is 0.455. The second kappa shape index (κ2) is 7.89. The van der Waals surface area contributed by atoms with Gasteiger partial charge in [-0.15, -0.1) is 0 Å². The minimum Gasteiger partial charge on any atom is -0.480 e. The number of methoxy groups -OCH3 is 1. The molecule has 6 heteroatoms. The van der Waals surface area contributed by atoms with Crippen LogP contribution in [-0.4, -0.2) is 52.8 Å². The fourth-order valence-electron chi connectivity index (χ4n) is 4.36. The van der Waals surface area contributed by atoms with E-state index in [0.29, 0.717) is 50.2 Å². The van der Waals surface area contributed by atoms with E-state index >= 15 is 0 Å². The van der Waals surface area contributed by atoms with Crippen molar-refractivity contribution in [1.29, 1.82) is 0 Å². The van der Waals surface area contributed by atoms with E-state index in [4.69, 9.17) is 9.47 Å². The number of hydrogen-bond acceptors (Lipinski definition) is 5. The van der Waals surface area contributed by atoms with Gasteiger partial charge in [-0.2, -0.15) is 0 Å². The van der Waals surface area contributed by atoms with Crippen LogP contribution >= 0.6 is 0 Å². The highest BCUT2D eigenvalue weighted by Crippen LogP contribution is 2.43. The Morgan fingerprint density at radius 1 is 1.21 bits per heavy atom. The van der Waals surface area contributed by atoms with Crippen LogP contribution < -0.4 is 4.74 Å². The molecular formula is C22H26N2O4. The number of carbonyl (C=O) groups is 1. The standard InChI is InChI=1S/C22H26N2O4/c1-27-20-18(8-5-11-23-20)21(26)24-12-9-22(10-13-24)15-17(25)14-19(28-22)16-6-3-2-4-7-16/h2-8,11,17,19,25H,9-10,12-15H2,1H3/t17-,19-/m1/s1. The third-order valence-electron chi connectivity index (χ3n) is 5.81. The molecule has 3 heterocycles. The number of aliphatic hydroxyl groups is 1. The number of nitrogens with zero attached hydrogens (tertiary/aromatic N) is 2. The molecule has 1 spiro atoms. The van der Waals surface area contributed by atoms with E-state index < -0.39 is 0 Å². The van der Waals surface area contributed by atoms with Crippen molar-refractivity contribution in [3.8, 4) is 5.88 Å². The average molecular weight is 382 g/mol. The summed E-state index contributed by atoms with van der Waals surface area (Å²) in [6, 6.07) is 13.5. The Morgan fingerprint density at radius 2 is 1.96 bits per heavy atom. The van der Waals surface area contributed by atoms with Crippen molar-refractivity contribution < 1.29 is 19.4 Å². The van der Waals surface area contributed by atoms with Crippen molar-refractivity contribution in [3.63, 3.8) is 0 Å². The maximum absolute atomic E-state index is 12.9. The summed E-state index contributed by atoms with van der Waals surface area (Å²) in [4.78, 5) is 18.9.